The summed E-state index contributed by atoms with van der Waals surface area (Å²) in [6.07, 6.45) is 2.68. The SMILES string of the molecule is CCNC(=NCC(O)c1ccncc1)N1CCN(Cc2ccc(OC)c(F)c2)CC1. The predicted octanol–water partition coefficient (Wildman–Crippen LogP) is 2.05. The van der Waals surface area contributed by atoms with Gasteiger partial charge in [-0.1, -0.05) is 6.07 Å². The van der Waals surface area contributed by atoms with Gasteiger partial charge in [-0.05, 0) is 42.3 Å². The maximum atomic E-state index is 13.9. The minimum atomic E-state index is -0.659. The summed E-state index contributed by atoms with van der Waals surface area (Å²) in [6.45, 7) is 7.11. The minimum absolute atomic E-state index is 0.268. The lowest BCUT2D eigenvalue weighted by Gasteiger charge is -2.36. The highest BCUT2D eigenvalue weighted by molar-refractivity contribution is 5.80. The number of pyridine rings is 1. The van der Waals surface area contributed by atoms with Crippen molar-refractivity contribution in [2.45, 2.75) is 19.6 Å². The van der Waals surface area contributed by atoms with Gasteiger partial charge in [-0.25, -0.2) is 4.39 Å². The molecule has 0 saturated carbocycles. The number of aliphatic hydroxyl groups is 1. The van der Waals surface area contributed by atoms with Gasteiger partial charge in [0.15, 0.2) is 17.5 Å². The fourth-order valence-corrected chi connectivity index (χ4v) is 3.47. The highest BCUT2D eigenvalue weighted by atomic mass is 19.1. The van der Waals surface area contributed by atoms with Gasteiger partial charge in [-0.15, -0.1) is 0 Å². The minimum Gasteiger partial charge on any atom is -0.494 e. The Balaban J connectivity index is 1.55. The Labute approximate surface area is 177 Å². The zero-order valence-electron chi connectivity index (χ0n) is 17.6. The number of piperazine rings is 1. The molecule has 1 saturated heterocycles. The third-order valence-corrected chi connectivity index (χ3v) is 5.13. The molecule has 8 heteroatoms. The van der Waals surface area contributed by atoms with E-state index in [1.165, 1.54) is 13.2 Å². The van der Waals surface area contributed by atoms with Crippen LogP contribution in [0.25, 0.3) is 0 Å². The van der Waals surface area contributed by atoms with Gasteiger partial charge in [0.25, 0.3) is 0 Å². The van der Waals surface area contributed by atoms with E-state index in [4.69, 9.17) is 4.74 Å². The Morgan fingerprint density at radius 2 is 1.97 bits per heavy atom. The van der Waals surface area contributed by atoms with Gasteiger partial charge in [-0.2, -0.15) is 0 Å². The largest absolute Gasteiger partial charge is 0.494 e. The number of aliphatic hydroxyl groups excluding tert-OH is 1. The summed E-state index contributed by atoms with van der Waals surface area (Å²) in [4.78, 5) is 13.1. The first-order chi connectivity index (χ1) is 14.6. The average Bonchev–Trinajstić information content (AvgIpc) is 2.78. The maximum absolute atomic E-state index is 13.9. The highest BCUT2D eigenvalue weighted by Crippen LogP contribution is 2.19. The molecule has 1 aromatic heterocycles. The van der Waals surface area contributed by atoms with Crippen LogP contribution in [0.5, 0.6) is 5.75 Å². The molecule has 0 aliphatic carbocycles. The molecule has 7 nitrogen and oxygen atoms in total. The molecule has 3 rings (SSSR count). The van der Waals surface area contributed by atoms with Gasteiger partial charge in [0.2, 0.25) is 0 Å². The summed E-state index contributed by atoms with van der Waals surface area (Å²) < 4.78 is 18.9. The van der Waals surface area contributed by atoms with Crippen LogP contribution in [-0.2, 0) is 6.54 Å². The predicted molar refractivity (Wildman–Crippen MR) is 115 cm³/mol. The van der Waals surface area contributed by atoms with Crippen LogP contribution >= 0.6 is 0 Å². The summed E-state index contributed by atoms with van der Waals surface area (Å²) in [6, 6.07) is 8.71. The zero-order valence-corrected chi connectivity index (χ0v) is 17.6. The fraction of sp³-hybridized carbons (Fsp3) is 0.455. The van der Waals surface area contributed by atoms with Crippen LogP contribution in [0, 0.1) is 5.82 Å². The number of aromatic nitrogens is 1. The number of nitrogens with one attached hydrogen (secondary N) is 1. The Morgan fingerprint density at radius 1 is 1.23 bits per heavy atom. The molecule has 1 fully saturated rings. The second kappa shape index (κ2) is 10.9. The van der Waals surface area contributed by atoms with Gasteiger partial charge >= 0.3 is 0 Å². The van der Waals surface area contributed by atoms with Gasteiger partial charge in [0.1, 0.15) is 0 Å². The first-order valence-electron chi connectivity index (χ1n) is 10.3. The number of ether oxygens (including phenoxy) is 1. The molecule has 1 atom stereocenters. The monoisotopic (exact) mass is 415 g/mol. The Hall–Kier alpha value is -2.71. The van der Waals surface area contributed by atoms with Crippen molar-refractivity contribution >= 4 is 5.96 Å². The molecule has 30 heavy (non-hydrogen) atoms. The van der Waals surface area contributed by atoms with Crippen molar-refractivity contribution < 1.29 is 14.2 Å². The van der Waals surface area contributed by atoms with Gasteiger partial charge in [0, 0.05) is 51.7 Å². The van der Waals surface area contributed by atoms with E-state index in [1.807, 2.05) is 13.0 Å². The summed E-state index contributed by atoms with van der Waals surface area (Å²) in [5.74, 6) is 0.743. The molecule has 2 heterocycles. The average molecular weight is 416 g/mol. The third-order valence-electron chi connectivity index (χ3n) is 5.13. The molecule has 0 amide bonds. The second-order valence-electron chi connectivity index (χ2n) is 7.22. The number of aliphatic imine (C=N–C) groups is 1. The molecular weight excluding hydrogens is 385 g/mol. The third kappa shape index (κ3) is 5.90. The van der Waals surface area contributed by atoms with Crippen molar-refractivity contribution in [3.8, 4) is 5.75 Å². The van der Waals surface area contributed by atoms with E-state index < -0.39 is 6.10 Å². The van der Waals surface area contributed by atoms with Crippen molar-refractivity contribution in [1.29, 1.82) is 0 Å². The van der Waals surface area contributed by atoms with Crippen molar-refractivity contribution in [2.75, 3.05) is 46.4 Å². The molecule has 0 bridgehead atoms. The lowest BCUT2D eigenvalue weighted by atomic mass is 10.1. The quantitative estimate of drug-likeness (QED) is 0.533. The lowest BCUT2D eigenvalue weighted by molar-refractivity contribution is 0.169. The molecule has 0 radical (unpaired) electrons. The van der Waals surface area contributed by atoms with Crippen LogP contribution in [0.15, 0.2) is 47.7 Å². The lowest BCUT2D eigenvalue weighted by Crippen LogP contribution is -2.52. The molecule has 2 N–H and O–H groups in total. The van der Waals surface area contributed by atoms with E-state index in [0.717, 1.165) is 49.8 Å². The molecule has 1 aliphatic heterocycles. The van der Waals surface area contributed by atoms with Gasteiger partial charge in [0.05, 0.1) is 19.8 Å². The van der Waals surface area contributed by atoms with Crippen LogP contribution in [0.2, 0.25) is 0 Å². The van der Waals surface area contributed by atoms with Gasteiger partial charge in [-0.3, -0.25) is 14.9 Å². The van der Waals surface area contributed by atoms with Crippen molar-refractivity contribution in [1.82, 2.24) is 20.1 Å². The number of nitrogens with zero attached hydrogens (tertiary/aromatic N) is 4. The number of hydrogen-bond acceptors (Lipinski definition) is 5. The number of halogens is 1. The maximum Gasteiger partial charge on any atom is 0.194 e. The van der Waals surface area contributed by atoms with Crippen LogP contribution < -0.4 is 10.1 Å². The summed E-state index contributed by atoms with van der Waals surface area (Å²) >= 11 is 0. The van der Waals surface area contributed by atoms with Crippen LogP contribution in [-0.4, -0.2) is 72.2 Å². The normalized spacial score (nSPS) is 16.4. The Kier molecular flexibility index (Phi) is 7.98. The van der Waals surface area contributed by atoms with Gasteiger partial charge < -0.3 is 20.1 Å². The van der Waals surface area contributed by atoms with E-state index in [2.05, 4.69) is 25.1 Å². The molecule has 0 spiro atoms. The number of guanidine groups is 1. The van der Waals surface area contributed by atoms with Crippen LogP contribution in [0.4, 0.5) is 4.39 Å². The smallest absolute Gasteiger partial charge is 0.194 e. The molecule has 2 aromatic rings. The first kappa shape index (κ1) is 22.0. The summed E-state index contributed by atoms with van der Waals surface area (Å²) in [5.41, 5.74) is 1.74. The Bertz CT molecular complexity index is 826. The van der Waals surface area contributed by atoms with Crippen molar-refractivity contribution in [3.63, 3.8) is 0 Å². The standard InChI is InChI=1S/C22H30FN5O2/c1-3-25-22(26-15-20(29)18-6-8-24-9-7-18)28-12-10-27(11-13-28)16-17-4-5-21(30-2)19(23)14-17/h4-9,14,20,29H,3,10-13,15-16H2,1-2H3,(H,25,26). The molecule has 1 aliphatic rings. The number of rotatable bonds is 7. The number of hydrogen-bond donors (Lipinski definition) is 2. The summed E-state index contributed by atoms with van der Waals surface area (Å²) in [5, 5.41) is 13.7. The van der Waals surface area contributed by atoms with E-state index in [-0.39, 0.29) is 18.1 Å². The number of methoxy groups -OCH3 is 1. The number of benzene rings is 1. The molecule has 1 unspecified atom stereocenters. The molecular formula is C22H30FN5O2. The van der Waals surface area contributed by atoms with E-state index in [9.17, 15) is 9.50 Å². The zero-order chi connectivity index (χ0) is 21.3. The Morgan fingerprint density at radius 3 is 2.60 bits per heavy atom. The molecule has 162 valence electrons. The van der Waals surface area contributed by atoms with E-state index in [0.29, 0.717) is 6.54 Å². The first-order valence-corrected chi connectivity index (χ1v) is 10.3. The van der Waals surface area contributed by atoms with Crippen LogP contribution in [0.1, 0.15) is 24.2 Å². The topological polar surface area (TPSA) is 73.2 Å². The second-order valence-corrected chi connectivity index (χ2v) is 7.22. The van der Waals surface area contributed by atoms with E-state index >= 15 is 0 Å². The van der Waals surface area contributed by atoms with Crippen LogP contribution in [0.3, 0.4) is 0 Å². The fourth-order valence-electron chi connectivity index (χ4n) is 3.47. The van der Waals surface area contributed by atoms with Crippen molar-refractivity contribution in [3.05, 3.63) is 59.7 Å². The van der Waals surface area contributed by atoms with E-state index in [1.54, 1.807) is 30.6 Å². The molecule has 1 aromatic carbocycles. The summed E-state index contributed by atoms with van der Waals surface area (Å²) in [7, 11) is 1.47. The highest BCUT2D eigenvalue weighted by Gasteiger charge is 2.20. The van der Waals surface area contributed by atoms with Crippen molar-refractivity contribution in [2.24, 2.45) is 4.99 Å².